The zero-order valence-corrected chi connectivity index (χ0v) is 8.26. The highest BCUT2D eigenvalue weighted by Gasteiger charge is 2.23. The lowest BCUT2D eigenvalue weighted by molar-refractivity contribution is 0.220. The first kappa shape index (κ1) is 10.0. The lowest BCUT2D eigenvalue weighted by Gasteiger charge is -2.18. The number of hydrogen-bond donors (Lipinski definition) is 0. The molecule has 0 bridgehead atoms. The van der Waals surface area contributed by atoms with Gasteiger partial charge in [0.25, 0.3) is 0 Å². The second-order valence-electron chi connectivity index (χ2n) is 2.56. The molecule has 70 valence electrons. The maximum absolute atomic E-state index is 10.4. The number of nitrogens with zero attached hydrogens (tertiary/aromatic N) is 1. The van der Waals surface area contributed by atoms with E-state index in [0.29, 0.717) is 23.6 Å². The van der Waals surface area contributed by atoms with Gasteiger partial charge in [-0.1, -0.05) is 0 Å². The number of ether oxygens (including phenoxy) is 1. The van der Waals surface area contributed by atoms with Crippen molar-refractivity contribution in [2.45, 2.75) is 19.2 Å². The van der Waals surface area contributed by atoms with Crippen LogP contribution in [0.25, 0.3) is 0 Å². The summed E-state index contributed by atoms with van der Waals surface area (Å²) in [7, 11) is 0. The van der Waals surface area contributed by atoms with Gasteiger partial charge < -0.3 is 4.74 Å². The number of halogens is 1. The molecule has 0 aromatic carbocycles. The largest absolute Gasteiger partial charge is 0.494 e. The summed E-state index contributed by atoms with van der Waals surface area (Å²) < 4.78 is 5.27. The molecule has 0 spiro atoms. The van der Waals surface area contributed by atoms with E-state index in [1.165, 1.54) is 6.21 Å². The Hall–Kier alpha value is -1.05. The maximum atomic E-state index is 10.4. The van der Waals surface area contributed by atoms with E-state index in [-0.39, 0.29) is 0 Å². The molecule has 0 radical (unpaired) electrons. The predicted molar refractivity (Wildman–Crippen MR) is 51.7 cm³/mol. The summed E-state index contributed by atoms with van der Waals surface area (Å²) in [5.74, 6) is 2.28. The second kappa shape index (κ2) is 4.26. The third kappa shape index (κ3) is 2.00. The first-order chi connectivity index (χ1) is 6.20. The highest BCUT2D eigenvalue weighted by molar-refractivity contribution is 6.27. The number of allylic oxidation sites excluding steroid dienone is 2. The van der Waals surface area contributed by atoms with Crippen LogP contribution in [-0.4, -0.2) is 24.1 Å². The Morgan fingerprint density at radius 1 is 1.77 bits per heavy atom. The molecule has 0 saturated carbocycles. The van der Waals surface area contributed by atoms with Crippen molar-refractivity contribution >= 4 is 23.8 Å². The summed E-state index contributed by atoms with van der Waals surface area (Å²) in [6.07, 6.45) is 1.42. The smallest absolute Gasteiger partial charge is 0.140 e. The van der Waals surface area contributed by atoms with Gasteiger partial charge in [0, 0.05) is 6.21 Å². The quantitative estimate of drug-likeness (QED) is 0.502. The minimum absolute atomic E-state index is 0.315. The highest BCUT2D eigenvalue weighted by Crippen LogP contribution is 2.25. The molecule has 0 N–H and O–H groups in total. The van der Waals surface area contributed by atoms with Crippen molar-refractivity contribution in [1.82, 2.24) is 0 Å². The van der Waals surface area contributed by atoms with Crippen molar-refractivity contribution < 1.29 is 9.53 Å². The predicted octanol–water partition coefficient (Wildman–Crippen LogP) is 1.70. The molecule has 0 aliphatic carbocycles. The molecule has 0 fully saturated rings. The first-order valence-corrected chi connectivity index (χ1v) is 4.41. The SMILES string of the molecule is CCOC1=C(C)N=CC(=C=O)C1Cl. The Labute approximate surface area is 81.7 Å². The molecule has 1 unspecified atom stereocenters. The Morgan fingerprint density at radius 2 is 2.46 bits per heavy atom. The molecule has 1 rings (SSSR count). The zero-order chi connectivity index (χ0) is 9.84. The van der Waals surface area contributed by atoms with Gasteiger partial charge in [0.1, 0.15) is 17.1 Å². The van der Waals surface area contributed by atoms with Crippen LogP contribution in [0.4, 0.5) is 0 Å². The third-order valence-corrected chi connectivity index (χ3v) is 2.11. The first-order valence-electron chi connectivity index (χ1n) is 3.97. The van der Waals surface area contributed by atoms with Gasteiger partial charge in [-0.05, 0) is 13.8 Å². The Morgan fingerprint density at radius 3 is 3.00 bits per heavy atom. The fraction of sp³-hybridized carbons (Fsp3) is 0.444. The molecule has 4 heteroatoms. The Bertz CT molecular complexity index is 314. The summed E-state index contributed by atoms with van der Waals surface area (Å²) >= 11 is 5.95. The molecule has 0 saturated heterocycles. The number of aliphatic imine (C=N–C) groups is 1. The van der Waals surface area contributed by atoms with Crippen LogP contribution in [0.2, 0.25) is 0 Å². The molecular formula is C9H10ClNO2. The van der Waals surface area contributed by atoms with Gasteiger partial charge in [0.15, 0.2) is 0 Å². The highest BCUT2D eigenvalue weighted by atomic mass is 35.5. The fourth-order valence-electron chi connectivity index (χ4n) is 1.03. The molecule has 0 aromatic heterocycles. The Kier molecular flexibility index (Phi) is 3.29. The summed E-state index contributed by atoms with van der Waals surface area (Å²) in [5, 5.41) is -0.546. The van der Waals surface area contributed by atoms with Crippen molar-refractivity contribution in [2.75, 3.05) is 6.61 Å². The normalized spacial score (nSPS) is 21.8. The summed E-state index contributed by atoms with van der Waals surface area (Å²) in [6.45, 7) is 4.16. The number of hydrogen-bond acceptors (Lipinski definition) is 3. The number of alkyl halides is 1. The lowest BCUT2D eigenvalue weighted by Crippen LogP contribution is -2.16. The van der Waals surface area contributed by atoms with E-state index in [4.69, 9.17) is 16.3 Å². The van der Waals surface area contributed by atoms with Gasteiger partial charge in [-0.2, -0.15) is 0 Å². The van der Waals surface area contributed by atoms with Gasteiger partial charge in [-0.25, -0.2) is 4.79 Å². The standard InChI is InChI=1S/C9H10ClNO2/c1-3-13-9-6(2)11-4-7(5-12)8(9)10/h4,8H,3H2,1-2H3. The van der Waals surface area contributed by atoms with E-state index in [2.05, 4.69) is 4.99 Å². The van der Waals surface area contributed by atoms with Crippen molar-refractivity contribution in [2.24, 2.45) is 4.99 Å². The van der Waals surface area contributed by atoms with E-state index in [0.717, 1.165) is 0 Å². The molecule has 1 aliphatic rings. The van der Waals surface area contributed by atoms with E-state index < -0.39 is 5.38 Å². The lowest BCUT2D eigenvalue weighted by atomic mass is 10.1. The van der Waals surface area contributed by atoms with Crippen molar-refractivity contribution in [1.29, 1.82) is 0 Å². The number of carbonyl (C=O) groups excluding carboxylic acids is 1. The molecule has 13 heavy (non-hydrogen) atoms. The van der Waals surface area contributed by atoms with Gasteiger partial charge in [-0.3, -0.25) is 4.99 Å². The summed E-state index contributed by atoms with van der Waals surface area (Å²) in [5.41, 5.74) is 1.02. The van der Waals surface area contributed by atoms with Crippen LogP contribution in [0.15, 0.2) is 22.0 Å². The average Bonchev–Trinajstić information content (AvgIpc) is 2.12. The zero-order valence-electron chi connectivity index (χ0n) is 7.50. The van der Waals surface area contributed by atoms with Crippen LogP contribution in [0, 0.1) is 0 Å². The molecule has 1 atom stereocenters. The van der Waals surface area contributed by atoms with E-state index >= 15 is 0 Å². The molecule has 1 heterocycles. The molecule has 0 aromatic rings. The van der Waals surface area contributed by atoms with Crippen molar-refractivity contribution in [3.63, 3.8) is 0 Å². The minimum atomic E-state index is -0.546. The summed E-state index contributed by atoms with van der Waals surface area (Å²) in [4.78, 5) is 14.4. The second-order valence-corrected chi connectivity index (χ2v) is 3.00. The van der Waals surface area contributed by atoms with Crippen molar-refractivity contribution in [3.05, 3.63) is 17.0 Å². The minimum Gasteiger partial charge on any atom is -0.494 e. The molecule has 1 aliphatic heterocycles. The third-order valence-electron chi connectivity index (χ3n) is 1.67. The van der Waals surface area contributed by atoms with E-state index in [1.54, 1.807) is 12.9 Å². The summed E-state index contributed by atoms with van der Waals surface area (Å²) in [6, 6.07) is 0. The van der Waals surface area contributed by atoms with Gasteiger partial charge in [0.05, 0.1) is 17.9 Å². The van der Waals surface area contributed by atoms with Crippen LogP contribution in [0.5, 0.6) is 0 Å². The van der Waals surface area contributed by atoms with E-state index in [1.807, 2.05) is 6.92 Å². The van der Waals surface area contributed by atoms with Gasteiger partial charge >= 0.3 is 0 Å². The van der Waals surface area contributed by atoms with Crippen LogP contribution >= 0.6 is 11.6 Å². The topological polar surface area (TPSA) is 38.7 Å². The van der Waals surface area contributed by atoms with E-state index in [9.17, 15) is 4.79 Å². The maximum Gasteiger partial charge on any atom is 0.140 e. The van der Waals surface area contributed by atoms with Crippen LogP contribution in [-0.2, 0) is 9.53 Å². The Balaban J connectivity index is 3.00. The fourth-order valence-corrected chi connectivity index (χ4v) is 1.35. The molecule has 0 amide bonds. The number of rotatable bonds is 2. The van der Waals surface area contributed by atoms with Crippen LogP contribution < -0.4 is 0 Å². The molecule has 3 nitrogen and oxygen atoms in total. The van der Waals surface area contributed by atoms with Gasteiger partial charge in [-0.15, -0.1) is 11.6 Å². The monoisotopic (exact) mass is 199 g/mol. The van der Waals surface area contributed by atoms with Crippen LogP contribution in [0.1, 0.15) is 13.8 Å². The van der Waals surface area contributed by atoms with Gasteiger partial charge in [0.2, 0.25) is 0 Å². The molecular weight excluding hydrogens is 190 g/mol. The van der Waals surface area contributed by atoms with Crippen LogP contribution in [0.3, 0.4) is 0 Å². The van der Waals surface area contributed by atoms with Crippen molar-refractivity contribution in [3.8, 4) is 0 Å². The average molecular weight is 200 g/mol.